The summed E-state index contributed by atoms with van der Waals surface area (Å²) in [7, 11) is 2.04. The van der Waals surface area contributed by atoms with Crippen LogP contribution >= 0.6 is 0 Å². The molecule has 0 bridgehead atoms. The van der Waals surface area contributed by atoms with Crippen LogP contribution in [0.25, 0.3) is 0 Å². The first-order valence-corrected chi connectivity index (χ1v) is 6.25. The third-order valence-corrected chi connectivity index (χ3v) is 3.64. The van der Waals surface area contributed by atoms with Gasteiger partial charge in [0, 0.05) is 24.2 Å². The Kier molecular flexibility index (Phi) is 4.02. The minimum Gasteiger partial charge on any atom is -0.472 e. The third-order valence-electron chi connectivity index (χ3n) is 3.64. The highest BCUT2D eigenvalue weighted by molar-refractivity contribution is 5.11. The zero-order valence-electron chi connectivity index (χ0n) is 10.3. The average molecular weight is 222 g/mol. The maximum Gasteiger partial charge on any atom is 0.0950 e. The summed E-state index contributed by atoms with van der Waals surface area (Å²) in [6, 6.07) is 3.22. The van der Waals surface area contributed by atoms with Gasteiger partial charge in [-0.15, -0.1) is 0 Å². The van der Waals surface area contributed by atoms with Crippen LogP contribution in [0.4, 0.5) is 0 Å². The fourth-order valence-corrected chi connectivity index (χ4v) is 2.69. The number of piperidine rings is 1. The van der Waals surface area contributed by atoms with Crippen molar-refractivity contribution in [3.63, 3.8) is 0 Å². The summed E-state index contributed by atoms with van der Waals surface area (Å²) >= 11 is 0. The normalized spacial score (nSPS) is 24.5. The molecule has 2 heterocycles. The van der Waals surface area contributed by atoms with Crippen molar-refractivity contribution < 1.29 is 4.42 Å². The molecular formula is C13H22N2O. The zero-order chi connectivity index (χ0) is 11.4. The van der Waals surface area contributed by atoms with Crippen molar-refractivity contribution in [1.29, 1.82) is 0 Å². The van der Waals surface area contributed by atoms with E-state index in [4.69, 9.17) is 4.42 Å². The van der Waals surface area contributed by atoms with Crippen LogP contribution in [0, 0.1) is 0 Å². The monoisotopic (exact) mass is 222 g/mol. The van der Waals surface area contributed by atoms with Gasteiger partial charge < -0.3 is 9.73 Å². The maximum atomic E-state index is 5.18. The number of rotatable bonds is 4. The van der Waals surface area contributed by atoms with Gasteiger partial charge in [-0.25, -0.2) is 0 Å². The first-order chi connectivity index (χ1) is 7.83. The number of nitrogens with one attached hydrogen (secondary N) is 1. The van der Waals surface area contributed by atoms with Crippen molar-refractivity contribution in [2.24, 2.45) is 0 Å². The van der Waals surface area contributed by atoms with Gasteiger partial charge in [0.25, 0.3) is 0 Å². The molecule has 2 rings (SSSR count). The standard InChI is InChI=1S/C13H22N2O/c1-11(12-6-8-16-10-12)15-7-4-3-5-13(15)9-14-2/h6,8,10-11,13-14H,3-5,7,9H2,1-2H3. The predicted molar refractivity (Wildman–Crippen MR) is 65.4 cm³/mol. The molecule has 0 amide bonds. The van der Waals surface area contributed by atoms with Gasteiger partial charge in [0.1, 0.15) is 0 Å². The molecule has 16 heavy (non-hydrogen) atoms. The summed E-state index contributed by atoms with van der Waals surface area (Å²) in [5.41, 5.74) is 1.29. The lowest BCUT2D eigenvalue weighted by Crippen LogP contribution is -2.45. The highest BCUT2D eigenvalue weighted by Gasteiger charge is 2.26. The summed E-state index contributed by atoms with van der Waals surface area (Å²) in [5, 5.41) is 3.30. The highest BCUT2D eigenvalue weighted by Crippen LogP contribution is 2.28. The molecule has 0 radical (unpaired) electrons. The molecule has 3 heteroatoms. The van der Waals surface area contributed by atoms with E-state index in [0.717, 1.165) is 6.54 Å². The van der Waals surface area contributed by atoms with Crippen LogP contribution < -0.4 is 5.32 Å². The number of hydrogen-bond acceptors (Lipinski definition) is 3. The van der Waals surface area contributed by atoms with Crippen LogP contribution in [-0.4, -0.2) is 31.1 Å². The highest BCUT2D eigenvalue weighted by atomic mass is 16.3. The van der Waals surface area contributed by atoms with E-state index in [1.165, 1.54) is 31.4 Å². The van der Waals surface area contributed by atoms with Crippen LogP contribution in [0.2, 0.25) is 0 Å². The van der Waals surface area contributed by atoms with Gasteiger partial charge in [0.15, 0.2) is 0 Å². The summed E-state index contributed by atoms with van der Waals surface area (Å²) in [6.45, 7) is 4.57. The van der Waals surface area contributed by atoms with E-state index in [-0.39, 0.29) is 0 Å². The maximum absolute atomic E-state index is 5.18. The number of hydrogen-bond donors (Lipinski definition) is 1. The SMILES string of the molecule is CNCC1CCCCN1C(C)c1ccoc1. The van der Waals surface area contributed by atoms with Crippen molar-refractivity contribution in [3.05, 3.63) is 24.2 Å². The Morgan fingerprint density at radius 2 is 2.44 bits per heavy atom. The molecule has 90 valence electrons. The van der Waals surface area contributed by atoms with Gasteiger partial charge in [0.2, 0.25) is 0 Å². The lowest BCUT2D eigenvalue weighted by molar-refractivity contribution is 0.103. The predicted octanol–water partition coefficient (Wildman–Crippen LogP) is 2.41. The lowest BCUT2D eigenvalue weighted by atomic mass is 9.98. The summed E-state index contributed by atoms with van der Waals surface area (Å²) < 4.78 is 5.18. The van der Waals surface area contributed by atoms with Gasteiger partial charge in [0.05, 0.1) is 12.5 Å². The lowest BCUT2D eigenvalue weighted by Gasteiger charge is -2.39. The van der Waals surface area contributed by atoms with Gasteiger partial charge in [-0.05, 0) is 39.4 Å². The van der Waals surface area contributed by atoms with Crippen LogP contribution in [0.5, 0.6) is 0 Å². The first-order valence-electron chi connectivity index (χ1n) is 6.25. The van der Waals surface area contributed by atoms with E-state index in [9.17, 15) is 0 Å². The summed E-state index contributed by atoms with van der Waals surface area (Å²) in [6.07, 6.45) is 7.63. The molecule has 1 aromatic rings. The molecule has 1 aliphatic heterocycles. The van der Waals surface area contributed by atoms with E-state index in [2.05, 4.69) is 23.2 Å². The molecule has 1 saturated heterocycles. The molecule has 1 aliphatic rings. The molecule has 0 aliphatic carbocycles. The molecular weight excluding hydrogens is 200 g/mol. The van der Waals surface area contributed by atoms with Crippen molar-refractivity contribution in [2.45, 2.75) is 38.3 Å². The molecule has 1 N–H and O–H groups in total. The van der Waals surface area contributed by atoms with Crippen LogP contribution in [-0.2, 0) is 0 Å². The van der Waals surface area contributed by atoms with Crippen molar-refractivity contribution in [1.82, 2.24) is 10.2 Å². The van der Waals surface area contributed by atoms with E-state index in [1.807, 2.05) is 13.3 Å². The van der Waals surface area contributed by atoms with E-state index in [0.29, 0.717) is 12.1 Å². The molecule has 2 atom stereocenters. The van der Waals surface area contributed by atoms with Gasteiger partial charge in [-0.3, -0.25) is 4.90 Å². The number of likely N-dealkylation sites (tertiary alicyclic amines) is 1. The van der Waals surface area contributed by atoms with Crippen LogP contribution in [0.1, 0.15) is 37.8 Å². The van der Waals surface area contributed by atoms with E-state index >= 15 is 0 Å². The van der Waals surface area contributed by atoms with Crippen molar-refractivity contribution in [3.8, 4) is 0 Å². The van der Waals surface area contributed by atoms with Gasteiger partial charge >= 0.3 is 0 Å². The second-order valence-electron chi connectivity index (χ2n) is 4.68. The van der Waals surface area contributed by atoms with Crippen LogP contribution in [0.15, 0.2) is 23.0 Å². The Morgan fingerprint density at radius 1 is 1.56 bits per heavy atom. The average Bonchev–Trinajstić information content (AvgIpc) is 2.83. The quantitative estimate of drug-likeness (QED) is 0.848. The molecule has 0 aromatic carbocycles. The fraction of sp³-hybridized carbons (Fsp3) is 0.692. The van der Waals surface area contributed by atoms with Crippen molar-refractivity contribution >= 4 is 0 Å². The smallest absolute Gasteiger partial charge is 0.0950 e. The molecule has 2 unspecified atom stereocenters. The summed E-state index contributed by atoms with van der Waals surface area (Å²) in [4.78, 5) is 2.60. The number of furan rings is 1. The third kappa shape index (κ3) is 2.47. The second-order valence-corrected chi connectivity index (χ2v) is 4.68. The Balaban J connectivity index is 2.04. The Hall–Kier alpha value is -0.800. The second kappa shape index (κ2) is 5.51. The van der Waals surface area contributed by atoms with Crippen molar-refractivity contribution in [2.75, 3.05) is 20.1 Å². The molecule has 1 fully saturated rings. The number of nitrogens with zero attached hydrogens (tertiary/aromatic N) is 1. The van der Waals surface area contributed by atoms with Gasteiger partial charge in [-0.1, -0.05) is 6.42 Å². The minimum absolute atomic E-state index is 0.470. The topological polar surface area (TPSA) is 28.4 Å². The Bertz CT molecular complexity index is 295. The van der Waals surface area contributed by atoms with E-state index < -0.39 is 0 Å². The molecule has 1 aromatic heterocycles. The first kappa shape index (κ1) is 11.7. The molecule has 0 saturated carbocycles. The van der Waals surface area contributed by atoms with Gasteiger partial charge in [-0.2, -0.15) is 0 Å². The molecule has 3 nitrogen and oxygen atoms in total. The van der Waals surface area contributed by atoms with E-state index in [1.54, 1.807) is 6.26 Å². The Labute approximate surface area is 97.8 Å². The molecule has 0 spiro atoms. The largest absolute Gasteiger partial charge is 0.472 e. The number of likely N-dealkylation sites (N-methyl/N-ethyl adjacent to an activating group) is 1. The summed E-state index contributed by atoms with van der Waals surface area (Å²) in [5.74, 6) is 0. The zero-order valence-corrected chi connectivity index (χ0v) is 10.3. The fourth-order valence-electron chi connectivity index (χ4n) is 2.69. The minimum atomic E-state index is 0.470. The Morgan fingerprint density at radius 3 is 3.12 bits per heavy atom. The van der Waals surface area contributed by atoms with Crippen LogP contribution in [0.3, 0.4) is 0 Å².